The number of aromatic nitrogens is 2. The van der Waals surface area contributed by atoms with Crippen molar-refractivity contribution in [2.24, 2.45) is 7.05 Å². The van der Waals surface area contributed by atoms with Gasteiger partial charge in [-0.05, 0) is 54.7 Å². The van der Waals surface area contributed by atoms with Gasteiger partial charge in [-0.2, -0.15) is 0 Å². The van der Waals surface area contributed by atoms with Crippen LogP contribution in [0.15, 0.2) is 54.9 Å². The Bertz CT molecular complexity index is 1080. The highest BCUT2D eigenvalue weighted by Gasteiger charge is 2.38. The van der Waals surface area contributed by atoms with Gasteiger partial charge in [0, 0.05) is 26.0 Å². The molecule has 1 fully saturated rings. The first-order valence-electron chi connectivity index (χ1n) is 10.9. The van der Waals surface area contributed by atoms with E-state index in [2.05, 4.69) is 54.6 Å². The van der Waals surface area contributed by atoms with Gasteiger partial charge in [-0.25, -0.2) is 15.2 Å². The second-order valence-corrected chi connectivity index (χ2v) is 8.33. The summed E-state index contributed by atoms with van der Waals surface area (Å²) in [7, 11) is 3.62. The number of aryl methyl sites for hydroxylation is 3. The minimum absolute atomic E-state index is 0.00375. The fraction of sp³-hybridized carbons (Fsp3) is 0.360. The fourth-order valence-electron chi connectivity index (χ4n) is 4.05. The predicted molar refractivity (Wildman–Crippen MR) is 124 cm³/mol. The SMILES string of the molecule is COc1ccc(CCN2C(=O)N(NCc3nccn3C)CC2c2ccc(C)c(C)c2)cc1. The van der Waals surface area contributed by atoms with Gasteiger partial charge in [0.05, 0.1) is 26.2 Å². The third-order valence-corrected chi connectivity index (χ3v) is 6.27. The number of carbonyl (C=O) groups excluding carboxylic acids is 1. The topological polar surface area (TPSA) is 62.6 Å². The zero-order valence-corrected chi connectivity index (χ0v) is 19.2. The van der Waals surface area contributed by atoms with Crippen molar-refractivity contribution in [1.29, 1.82) is 0 Å². The molecular weight excluding hydrogens is 402 g/mol. The first-order chi connectivity index (χ1) is 15.5. The lowest BCUT2D eigenvalue weighted by Crippen LogP contribution is -2.42. The maximum absolute atomic E-state index is 13.3. The van der Waals surface area contributed by atoms with Crippen LogP contribution in [-0.2, 0) is 20.0 Å². The van der Waals surface area contributed by atoms with Crippen molar-refractivity contribution in [1.82, 2.24) is 24.9 Å². The van der Waals surface area contributed by atoms with Gasteiger partial charge in [-0.15, -0.1) is 0 Å². The van der Waals surface area contributed by atoms with E-state index in [1.54, 1.807) is 18.3 Å². The van der Waals surface area contributed by atoms with Crippen molar-refractivity contribution < 1.29 is 9.53 Å². The highest BCUT2D eigenvalue weighted by Crippen LogP contribution is 2.30. The number of hydrazine groups is 1. The van der Waals surface area contributed by atoms with Crippen molar-refractivity contribution in [3.05, 3.63) is 82.9 Å². The van der Waals surface area contributed by atoms with Gasteiger partial charge < -0.3 is 14.2 Å². The lowest BCUT2D eigenvalue weighted by Gasteiger charge is -2.24. The highest BCUT2D eigenvalue weighted by molar-refractivity contribution is 5.77. The number of urea groups is 1. The third-order valence-electron chi connectivity index (χ3n) is 6.27. The first kappa shape index (κ1) is 21.9. The number of methoxy groups -OCH3 is 1. The summed E-state index contributed by atoms with van der Waals surface area (Å²) in [4.78, 5) is 19.7. The monoisotopic (exact) mass is 433 g/mol. The van der Waals surface area contributed by atoms with Crippen LogP contribution >= 0.6 is 0 Å². The van der Waals surface area contributed by atoms with Crippen LogP contribution in [-0.4, -0.2) is 45.7 Å². The largest absolute Gasteiger partial charge is 0.497 e. The molecule has 1 aliphatic rings. The number of nitrogens with zero attached hydrogens (tertiary/aromatic N) is 4. The van der Waals surface area contributed by atoms with Crippen LogP contribution in [0.5, 0.6) is 5.75 Å². The quantitative estimate of drug-likeness (QED) is 0.587. The molecule has 0 saturated carbocycles. The number of hydrogen-bond donors (Lipinski definition) is 1. The Morgan fingerprint density at radius 1 is 1.12 bits per heavy atom. The summed E-state index contributed by atoms with van der Waals surface area (Å²) >= 11 is 0. The maximum Gasteiger partial charge on any atom is 0.335 e. The van der Waals surface area contributed by atoms with E-state index in [1.807, 2.05) is 34.8 Å². The third kappa shape index (κ3) is 4.62. The molecule has 1 N–H and O–H groups in total. The van der Waals surface area contributed by atoms with E-state index in [9.17, 15) is 4.79 Å². The zero-order valence-electron chi connectivity index (χ0n) is 19.2. The molecular formula is C25H31N5O2. The van der Waals surface area contributed by atoms with Crippen molar-refractivity contribution in [2.75, 3.05) is 20.2 Å². The van der Waals surface area contributed by atoms with E-state index < -0.39 is 0 Å². The summed E-state index contributed by atoms with van der Waals surface area (Å²) in [5, 5.41) is 1.72. The Hall–Kier alpha value is -3.32. The molecule has 1 unspecified atom stereocenters. The molecule has 2 amide bonds. The van der Waals surface area contributed by atoms with Crippen LogP contribution in [0.4, 0.5) is 4.79 Å². The molecule has 2 heterocycles. The fourth-order valence-corrected chi connectivity index (χ4v) is 4.05. The number of ether oxygens (including phenoxy) is 1. The molecule has 0 aliphatic carbocycles. The summed E-state index contributed by atoms with van der Waals surface area (Å²) < 4.78 is 7.21. The smallest absolute Gasteiger partial charge is 0.335 e. The molecule has 1 saturated heterocycles. The molecule has 168 valence electrons. The highest BCUT2D eigenvalue weighted by atomic mass is 16.5. The summed E-state index contributed by atoms with van der Waals surface area (Å²) in [5.74, 6) is 1.72. The van der Waals surface area contributed by atoms with Crippen molar-refractivity contribution in [3.63, 3.8) is 0 Å². The molecule has 32 heavy (non-hydrogen) atoms. The summed E-state index contributed by atoms with van der Waals surface area (Å²) in [5.41, 5.74) is 8.13. The minimum Gasteiger partial charge on any atom is -0.497 e. The molecule has 2 aromatic carbocycles. The number of benzene rings is 2. The summed E-state index contributed by atoms with van der Waals surface area (Å²) in [6.07, 6.45) is 4.45. The van der Waals surface area contributed by atoms with Gasteiger partial charge in [0.15, 0.2) is 0 Å². The number of imidazole rings is 1. The normalized spacial score (nSPS) is 16.1. The maximum atomic E-state index is 13.3. The molecule has 1 aliphatic heterocycles. The van der Waals surface area contributed by atoms with Crippen molar-refractivity contribution in [3.8, 4) is 5.75 Å². The van der Waals surface area contributed by atoms with Crippen molar-refractivity contribution >= 4 is 6.03 Å². The van der Waals surface area contributed by atoms with Gasteiger partial charge >= 0.3 is 6.03 Å². The van der Waals surface area contributed by atoms with Gasteiger partial charge in [0.1, 0.15) is 11.6 Å². The van der Waals surface area contributed by atoms with Gasteiger partial charge in [-0.3, -0.25) is 5.01 Å². The van der Waals surface area contributed by atoms with E-state index in [4.69, 9.17) is 4.74 Å². The van der Waals surface area contributed by atoms with Gasteiger partial charge in [-0.1, -0.05) is 30.3 Å². The second kappa shape index (κ2) is 9.44. The van der Waals surface area contributed by atoms with Crippen LogP contribution in [0.25, 0.3) is 0 Å². The van der Waals surface area contributed by atoms with Crippen LogP contribution in [0.3, 0.4) is 0 Å². The van der Waals surface area contributed by atoms with Crippen LogP contribution in [0, 0.1) is 13.8 Å². The lowest BCUT2D eigenvalue weighted by atomic mass is 10.0. The van der Waals surface area contributed by atoms with Crippen molar-refractivity contribution in [2.45, 2.75) is 32.9 Å². The predicted octanol–water partition coefficient (Wildman–Crippen LogP) is 3.77. The Morgan fingerprint density at radius 2 is 1.91 bits per heavy atom. The Morgan fingerprint density at radius 3 is 2.56 bits per heavy atom. The molecule has 0 bridgehead atoms. The van der Waals surface area contributed by atoms with E-state index in [0.29, 0.717) is 19.6 Å². The number of carbonyl (C=O) groups is 1. The minimum atomic E-state index is -0.00563. The van der Waals surface area contributed by atoms with E-state index in [1.165, 1.54) is 16.7 Å². The van der Waals surface area contributed by atoms with Crippen LogP contribution in [0.1, 0.15) is 34.1 Å². The lowest BCUT2D eigenvalue weighted by molar-refractivity contribution is 0.170. The van der Waals surface area contributed by atoms with Gasteiger partial charge in [0.2, 0.25) is 0 Å². The molecule has 7 nitrogen and oxygen atoms in total. The van der Waals surface area contributed by atoms with E-state index in [0.717, 1.165) is 23.6 Å². The Labute approximate surface area is 189 Å². The van der Waals surface area contributed by atoms with Crippen LogP contribution in [0.2, 0.25) is 0 Å². The molecule has 3 aromatic rings. The zero-order chi connectivity index (χ0) is 22.7. The summed E-state index contributed by atoms with van der Waals surface area (Å²) in [6, 6.07) is 14.5. The molecule has 1 atom stereocenters. The average molecular weight is 434 g/mol. The molecule has 0 radical (unpaired) electrons. The molecule has 0 spiro atoms. The number of amides is 2. The number of rotatable bonds is 8. The molecule has 7 heteroatoms. The van der Waals surface area contributed by atoms with E-state index >= 15 is 0 Å². The van der Waals surface area contributed by atoms with E-state index in [-0.39, 0.29) is 12.1 Å². The Balaban J connectivity index is 1.52. The Kier molecular flexibility index (Phi) is 6.46. The molecule has 1 aromatic heterocycles. The van der Waals surface area contributed by atoms with Gasteiger partial charge in [0.25, 0.3) is 0 Å². The summed E-state index contributed by atoms with van der Waals surface area (Å²) in [6.45, 7) is 5.97. The standard InChI is InChI=1S/C25H31N5O2/c1-18-5-8-21(15-19(18)2)23-17-30(27-16-24-26-12-14-28(24)3)25(31)29(23)13-11-20-6-9-22(32-4)10-7-20/h5-10,12,14-15,23,27H,11,13,16-17H2,1-4H3. The number of nitrogens with one attached hydrogen (secondary N) is 1. The second-order valence-electron chi connectivity index (χ2n) is 8.33. The average Bonchev–Trinajstić information content (AvgIpc) is 3.35. The van der Waals surface area contributed by atoms with Crippen LogP contribution < -0.4 is 10.2 Å². The molecule has 4 rings (SSSR count). The number of hydrogen-bond acceptors (Lipinski definition) is 4. The first-order valence-corrected chi connectivity index (χ1v) is 10.9.